The van der Waals surface area contributed by atoms with Crippen LogP contribution in [0.2, 0.25) is 6.04 Å². The number of carbonyl (C=O) groups is 1. The van der Waals surface area contributed by atoms with E-state index in [-0.39, 0.29) is 11.0 Å². The number of ketones is 1. The number of thiol groups is 1. The van der Waals surface area contributed by atoms with E-state index in [0.29, 0.717) is 18.0 Å². The molecule has 94 valence electrons. The minimum atomic E-state index is -2.59. The number of hydrogen-bond acceptors (Lipinski definition) is 5. The van der Waals surface area contributed by atoms with Gasteiger partial charge in [0, 0.05) is 27.4 Å². The van der Waals surface area contributed by atoms with Gasteiger partial charge in [-0.3, -0.25) is 4.79 Å². The van der Waals surface area contributed by atoms with E-state index in [9.17, 15) is 4.79 Å². The molecule has 0 aliphatic heterocycles. The molecule has 0 fully saturated rings. The molecule has 0 aromatic heterocycles. The highest BCUT2D eigenvalue weighted by molar-refractivity contribution is 7.81. The van der Waals surface area contributed by atoms with E-state index in [4.69, 9.17) is 13.3 Å². The first-order chi connectivity index (χ1) is 7.42. The van der Waals surface area contributed by atoms with Gasteiger partial charge in [-0.15, -0.1) is 0 Å². The minimum absolute atomic E-state index is 0.0467. The number of Topliss-reactive ketones (excluding diaryl/α,β-unsaturated/α-hetero) is 1. The third-order valence-corrected chi connectivity index (χ3v) is 5.64. The van der Waals surface area contributed by atoms with Crippen LogP contribution in [0.4, 0.5) is 0 Å². The first-order valence-electron chi connectivity index (χ1n) is 4.95. The van der Waals surface area contributed by atoms with E-state index in [1.165, 1.54) is 0 Å². The maximum absolute atomic E-state index is 11.5. The Hall–Kier alpha value is -0.143. The van der Waals surface area contributed by atoms with Crippen LogP contribution in [0.25, 0.3) is 0 Å². The molecule has 0 aliphatic rings. The molecular formula is C10H20O4SSi. The summed E-state index contributed by atoms with van der Waals surface area (Å²) in [6, 6.07) is 0.559. The predicted octanol–water partition coefficient (Wildman–Crippen LogP) is 1.70. The lowest BCUT2D eigenvalue weighted by atomic mass is 10.1. The van der Waals surface area contributed by atoms with Crippen LogP contribution in [0, 0.1) is 0 Å². The van der Waals surface area contributed by atoms with E-state index >= 15 is 0 Å². The van der Waals surface area contributed by atoms with Gasteiger partial charge < -0.3 is 13.3 Å². The van der Waals surface area contributed by atoms with Gasteiger partial charge in [-0.1, -0.05) is 6.58 Å². The molecule has 0 saturated heterocycles. The SMILES string of the molecule is C=C(C)C(=O)C(S)CC[Si](OC)(OC)OC. The summed E-state index contributed by atoms with van der Waals surface area (Å²) in [5, 5.41) is -0.371. The normalized spacial score (nSPS) is 13.6. The molecule has 16 heavy (non-hydrogen) atoms. The lowest BCUT2D eigenvalue weighted by Crippen LogP contribution is -2.43. The third-order valence-electron chi connectivity index (χ3n) is 2.38. The maximum atomic E-state index is 11.5. The summed E-state index contributed by atoms with van der Waals surface area (Å²) in [7, 11) is 2.06. The van der Waals surface area contributed by atoms with Crippen LogP contribution in [-0.2, 0) is 18.1 Å². The van der Waals surface area contributed by atoms with Crippen molar-refractivity contribution < 1.29 is 18.1 Å². The molecule has 1 atom stereocenters. The number of rotatable bonds is 8. The average molecular weight is 264 g/mol. The second-order valence-electron chi connectivity index (χ2n) is 3.49. The van der Waals surface area contributed by atoms with Crippen molar-refractivity contribution in [3.05, 3.63) is 12.2 Å². The van der Waals surface area contributed by atoms with E-state index in [1.54, 1.807) is 28.3 Å². The zero-order chi connectivity index (χ0) is 12.8. The zero-order valence-corrected chi connectivity index (χ0v) is 12.2. The van der Waals surface area contributed by atoms with Crippen LogP contribution in [0.1, 0.15) is 13.3 Å². The fourth-order valence-electron chi connectivity index (χ4n) is 1.29. The van der Waals surface area contributed by atoms with Crippen LogP contribution in [0.3, 0.4) is 0 Å². The van der Waals surface area contributed by atoms with Gasteiger partial charge in [-0.05, 0) is 18.9 Å². The zero-order valence-electron chi connectivity index (χ0n) is 10.3. The van der Waals surface area contributed by atoms with Crippen LogP contribution in [0.15, 0.2) is 12.2 Å². The molecule has 0 bridgehead atoms. The average Bonchev–Trinajstić information content (AvgIpc) is 2.30. The van der Waals surface area contributed by atoms with E-state index in [1.807, 2.05) is 0 Å². The maximum Gasteiger partial charge on any atom is 0.500 e. The Kier molecular flexibility index (Phi) is 7.17. The lowest BCUT2D eigenvalue weighted by Gasteiger charge is -2.25. The smallest absolute Gasteiger partial charge is 0.377 e. The Balaban J connectivity index is 4.31. The second-order valence-corrected chi connectivity index (χ2v) is 7.21. The third kappa shape index (κ3) is 4.38. The summed E-state index contributed by atoms with van der Waals surface area (Å²) in [6.45, 7) is 5.28. The van der Waals surface area contributed by atoms with Gasteiger partial charge in [0.05, 0.1) is 5.25 Å². The molecule has 0 N–H and O–H groups in total. The Morgan fingerprint density at radius 2 is 1.75 bits per heavy atom. The van der Waals surface area contributed by atoms with Crippen molar-refractivity contribution in [2.75, 3.05) is 21.3 Å². The number of allylic oxidation sites excluding steroid dienone is 1. The first-order valence-corrected chi connectivity index (χ1v) is 7.40. The van der Waals surface area contributed by atoms with Gasteiger partial charge in [0.2, 0.25) is 0 Å². The van der Waals surface area contributed by atoms with Crippen LogP contribution < -0.4 is 0 Å². The van der Waals surface area contributed by atoms with Gasteiger partial charge in [-0.2, -0.15) is 12.6 Å². The standard InChI is InChI=1S/C10H20O4SSi/c1-8(2)10(11)9(15)6-7-16(12-3,13-4)14-5/h9,15H,1,6-7H2,2-5H3. The van der Waals surface area contributed by atoms with Crippen molar-refractivity contribution in [1.29, 1.82) is 0 Å². The predicted molar refractivity (Wildman–Crippen MR) is 68.8 cm³/mol. The Morgan fingerprint density at radius 1 is 1.31 bits per heavy atom. The summed E-state index contributed by atoms with van der Waals surface area (Å²) in [5.74, 6) is -0.0467. The fourth-order valence-corrected chi connectivity index (χ4v) is 3.63. The largest absolute Gasteiger partial charge is 0.500 e. The highest BCUT2D eigenvalue weighted by Crippen LogP contribution is 2.20. The fraction of sp³-hybridized carbons (Fsp3) is 0.700. The molecule has 4 nitrogen and oxygen atoms in total. The number of carbonyl (C=O) groups excluding carboxylic acids is 1. The van der Waals surface area contributed by atoms with Crippen LogP contribution in [0.5, 0.6) is 0 Å². The molecule has 0 rings (SSSR count). The molecule has 0 aliphatic carbocycles. The molecule has 0 radical (unpaired) electrons. The monoisotopic (exact) mass is 264 g/mol. The van der Waals surface area contributed by atoms with Crippen molar-refractivity contribution in [3.63, 3.8) is 0 Å². The van der Waals surface area contributed by atoms with Gasteiger partial charge in [-0.25, -0.2) is 0 Å². The molecule has 0 spiro atoms. The van der Waals surface area contributed by atoms with Crippen LogP contribution in [-0.4, -0.2) is 41.2 Å². The first kappa shape index (κ1) is 15.9. The highest BCUT2D eigenvalue weighted by Gasteiger charge is 2.38. The summed E-state index contributed by atoms with van der Waals surface area (Å²) in [5.41, 5.74) is 0.513. The Labute approximate surface area is 104 Å². The van der Waals surface area contributed by atoms with Gasteiger partial charge in [0.1, 0.15) is 0 Å². The summed E-state index contributed by atoms with van der Waals surface area (Å²) < 4.78 is 15.8. The molecule has 0 aromatic carbocycles. The molecule has 6 heteroatoms. The van der Waals surface area contributed by atoms with Crippen molar-refractivity contribution in [3.8, 4) is 0 Å². The Morgan fingerprint density at radius 3 is 2.06 bits per heavy atom. The van der Waals surface area contributed by atoms with Crippen molar-refractivity contribution >= 4 is 27.2 Å². The lowest BCUT2D eigenvalue weighted by molar-refractivity contribution is -0.115. The van der Waals surface area contributed by atoms with Crippen molar-refractivity contribution in [2.24, 2.45) is 0 Å². The molecule has 0 saturated carbocycles. The summed E-state index contributed by atoms with van der Waals surface area (Å²) in [4.78, 5) is 11.5. The Bertz CT molecular complexity index is 245. The minimum Gasteiger partial charge on any atom is -0.377 e. The molecule has 0 aromatic rings. The van der Waals surface area contributed by atoms with Crippen molar-refractivity contribution in [1.82, 2.24) is 0 Å². The summed E-state index contributed by atoms with van der Waals surface area (Å²) >= 11 is 4.24. The molecular weight excluding hydrogens is 244 g/mol. The number of hydrogen-bond donors (Lipinski definition) is 1. The quantitative estimate of drug-likeness (QED) is 0.412. The van der Waals surface area contributed by atoms with E-state index < -0.39 is 8.80 Å². The van der Waals surface area contributed by atoms with E-state index in [0.717, 1.165) is 0 Å². The molecule has 1 unspecified atom stereocenters. The van der Waals surface area contributed by atoms with Gasteiger partial charge >= 0.3 is 8.80 Å². The van der Waals surface area contributed by atoms with Crippen molar-refractivity contribution in [2.45, 2.75) is 24.6 Å². The topological polar surface area (TPSA) is 44.8 Å². The highest BCUT2D eigenvalue weighted by atomic mass is 32.1. The van der Waals surface area contributed by atoms with Crippen LogP contribution >= 0.6 is 12.6 Å². The summed E-state index contributed by atoms with van der Waals surface area (Å²) in [6.07, 6.45) is 0.552. The van der Waals surface area contributed by atoms with Gasteiger partial charge in [0.15, 0.2) is 5.78 Å². The molecule has 0 heterocycles. The second kappa shape index (κ2) is 7.23. The van der Waals surface area contributed by atoms with Gasteiger partial charge in [0.25, 0.3) is 0 Å². The van der Waals surface area contributed by atoms with E-state index in [2.05, 4.69) is 19.2 Å². The molecule has 0 amide bonds.